The van der Waals surface area contributed by atoms with E-state index in [1.54, 1.807) is 6.08 Å². The molecule has 0 radical (unpaired) electrons. The molecule has 0 amide bonds. The molecule has 1 saturated heterocycles. The maximum absolute atomic E-state index is 11.4. The van der Waals surface area contributed by atoms with Crippen LogP contribution in [0.5, 0.6) is 0 Å². The smallest absolute Gasteiger partial charge is 0.316 e. The number of ether oxygens (including phenoxy) is 1. The predicted octanol–water partition coefficient (Wildman–Crippen LogP) is 1.29. The van der Waals surface area contributed by atoms with E-state index in [0.29, 0.717) is 19.4 Å². The van der Waals surface area contributed by atoms with Gasteiger partial charge >= 0.3 is 5.97 Å². The van der Waals surface area contributed by atoms with Gasteiger partial charge in [0.1, 0.15) is 0 Å². The lowest BCUT2D eigenvalue weighted by Gasteiger charge is -2.16. The van der Waals surface area contributed by atoms with Gasteiger partial charge in [0.2, 0.25) is 6.20 Å². The highest BCUT2D eigenvalue weighted by atomic mass is 16.6. The summed E-state index contributed by atoms with van der Waals surface area (Å²) in [7, 11) is 0. The van der Waals surface area contributed by atoms with Crippen LogP contribution in [0.1, 0.15) is 12.8 Å². The normalized spacial score (nSPS) is 26.4. The van der Waals surface area contributed by atoms with E-state index in [9.17, 15) is 14.9 Å². The van der Waals surface area contributed by atoms with Gasteiger partial charge in [-0.3, -0.25) is 14.9 Å². The zero-order valence-corrected chi connectivity index (χ0v) is 7.64. The van der Waals surface area contributed by atoms with Crippen LogP contribution in [0.4, 0.5) is 0 Å². The zero-order valence-electron chi connectivity index (χ0n) is 7.64. The van der Waals surface area contributed by atoms with Crippen molar-refractivity contribution in [2.24, 2.45) is 5.41 Å². The molecular formula is C9H11NO4. The van der Waals surface area contributed by atoms with Gasteiger partial charge in [0, 0.05) is 12.5 Å². The van der Waals surface area contributed by atoms with Crippen LogP contribution in [0.2, 0.25) is 0 Å². The second-order valence-electron chi connectivity index (χ2n) is 3.14. The molecule has 1 heterocycles. The van der Waals surface area contributed by atoms with E-state index >= 15 is 0 Å². The average molecular weight is 197 g/mol. The summed E-state index contributed by atoms with van der Waals surface area (Å²) in [5.74, 6) is -0.407. The first-order valence-corrected chi connectivity index (χ1v) is 4.22. The summed E-state index contributed by atoms with van der Waals surface area (Å²) in [6.45, 7) is 3.83. The topological polar surface area (TPSA) is 69.4 Å². The third-order valence-electron chi connectivity index (χ3n) is 2.21. The number of allylic oxidation sites excluding steroid dienone is 1. The van der Waals surface area contributed by atoms with Crippen molar-refractivity contribution in [3.05, 3.63) is 35.0 Å². The third kappa shape index (κ3) is 1.99. The fourth-order valence-electron chi connectivity index (χ4n) is 1.44. The minimum absolute atomic E-state index is 0.314. The molecule has 14 heavy (non-hydrogen) atoms. The van der Waals surface area contributed by atoms with Crippen molar-refractivity contribution < 1.29 is 14.5 Å². The van der Waals surface area contributed by atoms with Crippen LogP contribution < -0.4 is 0 Å². The number of carbonyl (C=O) groups excluding carboxylic acids is 1. The first-order valence-electron chi connectivity index (χ1n) is 4.22. The molecule has 1 fully saturated rings. The number of nitrogens with zero attached hydrogens (tertiary/aromatic N) is 1. The minimum atomic E-state index is -0.866. The molecule has 1 unspecified atom stereocenters. The summed E-state index contributed by atoms with van der Waals surface area (Å²) in [4.78, 5) is 20.9. The maximum atomic E-state index is 11.4. The molecule has 0 bridgehead atoms. The Morgan fingerprint density at radius 1 is 1.71 bits per heavy atom. The fourth-order valence-corrected chi connectivity index (χ4v) is 1.44. The van der Waals surface area contributed by atoms with Gasteiger partial charge in [-0.25, -0.2) is 0 Å². The highest BCUT2D eigenvalue weighted by Crippen LogP contribution is 2.35. The Labute approximate surface area is 81.2 Å². The maximum Gasteiger partial charge on any atom is 0.316 e. The van der Waals surface area contributed by atoms with E-state index in [1.165, 1.54) is 6.08 Å². The van der Waals surface area contributed by atoms with Gasteiger partial charge < -0.3 is 4.74 Å². The van der Waals surface area contributed by atoms with Crippen LogP contribution in [0.3, 0.4) is 0 Å². The summed E-state index contributed by atoms with van der Waals surface area (Å²) in [6.07, 6.45) is 4.50. The van der Waals surface area contributed by atoms with Crippen molar-refractivity contribution in [1.29, 1.82) is 0 Å². The molecule has 0 saturated carbocycles. The number of rotatable bonds is 4. The number of nitro groups is 1. The molecule has 0 aromatic rings. The lowest BCUT2D eigenvalue weighted by atomic mass is 9.83. The lowest BCUT2D eigenvalue weighted by Crippen LogP contribution is -2.23. The fraction of sp³-hybridized carbons (Fsp3) is 0.444. The summed E-state index contributed by atoms with van der Waals surface area (Å²) >= 11 is 0. The Bertz CT molecular complexity index is 297. The Morgan fingerprint density at radius 2 is 2.43 bits per heavy atom. The number of hydrogen-bond acceptors (Lipinski definition) is 4. The van der Waals surface area contributed by atoms with E-state index < -0.39 is 16.3 Å². The van der Waals surface area contributed by atoms with E-state index in [2.05, 4.69) is 6.58 Å². The SMILES string of the molecule is C=CCC1(/C=C/[N+](=O)[O-])CCOC1=O. The first-order chi connectivity index (χ1) is 6.60. The van der Waals surface area contributed by atoms with Crippen molar-refractivity contribution in [3.63, 3.8) is 0 Å². The van der Waals surface area contributed by atoms with Crippen LogP contribution in [0.25, 0.3) is 0 Å². The second-order valence-corrected chi connectivity index (χ2v) is 3.14. The van der Waals surface area contributed by atoms with Gasteiger partial charge in [0.05, 0.1) is 16.9 Å². The second kappa shape index (κ2) is 4.04. The van der Waals surface area contributed by atoms with Gasteiger partial charge in [-0.1, -0.05) is 6.08 Å². The molecule has 0 aromatic heterocycles. The molecule has 76 valence electrons. The highest BCUT2D eigenvalue weighted by molar-refractivity contribution is 5.81. The van der Waals surface area contributed by atoms with E-state index in [1.807, 2.05) is 0 Å². The van der Waals surface area contributed by atoms with Crippen molar-refractivity contribution >= 4 is 5.97 Å². The van der Waals surface area contributed by atoms with E-state index in [4.69, 9.17) is 4.74 Å². The van der Waals surface area contributed by atoms with Gasteiger partial charge in [0.15, 0.2) is 0 Å². The number of hydrogen-bond donors (Lipinski definition) is 0. The number of cyclic esters (lactones) is 1. The molecule has 1 atom stereocenters. The molecule has 0 aliphatic carbocycles. The third-order valence-corrected chi connectivity index (χ3v) is 2.21. The summed E-state index contributed by atoms with van der Waals surface area (Å²) in [5, 5.41) is 10.1. The number of esters is 1. The molecule has 0 spiro atoms. The van der Waals surface area contributed by atoms with Crippen molar-refractivity contribution in [3.8, 4) is 0 Å². The first kappa shape index (κ1) is 10.4. The lowest BCUT2D eigenvalue weighted by molar-refractivity contribution is -0.403. The van der Waals surface area contributed by atoms with Crippen molar-refractivity contribution in [2.75, 3.05) is 6.61 Å². The molecule has 0 N–H and O–H groups in total. The monoisotopic (exact) mass is 197 g/mol. The average Bonchev–Trinajstić information content (AvgIpc) is 2.46. The summed E-state index contributed by atoms with van der Waals surface area (Å²) in [6, 6.07) is 0. The van der Waals surface area contributed by atoms with Gasteiger partial charge in [-0.2, -0.15) is 0 Å². The zero-order chi connectivity index (χ0) is 10.6. The standard InChI is InChI=1S/C9H11NO4/c1-2-3-9(4-6-10(12)13)5-7-14-8(9)11/h2,4,6H,1,3,5,7H2/b6-4+. The van der Waals surface area contributed by atoms with Crippen LogP contribution in [-0.4, -0.2) is 17.5 Å². The minimum Gasteiger partial charge on any atom is -0.465 e. The van der Waals surface area contributed by atoms with Crippen molar-refractivity contribution in [1.82, 2.24) is 0 Å². The number of carbonyl (C=O) groups is 1. The molecule has 5 heteroatoms. The largest absolute Gasteiger partial charge is 0.465 e. The van der Waals surface area contributed by atoms with Crippen LogP contribution in [0.15, 0.2) is 24.9 Å². The molecule has 0 aromatic carbocycles. The van der Waals surface area contributed by atoms with Crippen LogP contribution >= 0.6 is 0 Å². The predicted molar refractivity (Wildman–Crippen MR) is 49.0 cm³/mol. The molecular weight excluding hydrogens is 186 g/mol. The Hall–Kier alpha value is -1.65. The molecule has 1 aliphatic rings. The summed E-state index contributed by atoms with van der Waals surface area (Å²) in [5.41, 5.74) is -0.866. The molecule has 1 rings (SSSR count). The highest BCUT2D eigenvalue weighted by Gasteiger charge is 2.42. The quantitative estimate of drug-likeness (QED) is 0.294. The Balaban J connectivity index is 2.86. The van der Waals surface area contributed by atoms with Gasteiger partial charge in [-0.15, -0.1) is 6.58 Å². The molecule has 1 aliphatic heterocycles. The van der Waals surface area contributed by atoms with Crippen LogP contribution in [-0.2, 0) is 9.53 Å². The Kier molecular flexibility index (Phi) is 3.01. The summed E-state index contributed by atoms with van der Waals surface area (Å²) < 4.78 is 4.79. The van der Waals surface area contributed by atoms with Gasteiger partial charge in [-0.05, 0) is 6.42 Å². The van der Waals surface area contributed by atoms with E-state index in [0.717, 1.165) is 6.20 Å². The van der Waals surface area contributed by atoms with Crippen LogP contribution in [0, 0.1) is 15.5 Å². The van der Waals surface area contributed by atoms with Crippen molar-refractivity contribution in [2.45, 2.75) is 12.8 Å². The van der Waals surface area contributed by atoms with E-state index in [-0.39, 0.29) is 0 Å². The van der Waals surface area contributed by atoms with Gasteiger partial charge in [0.25, 0.3) is 0 Å². The molecule has 5 nitrogen and oxygen atoms in total. The Morgan fingerprint density at radius 3 is 2.86 bits per heavy atom.